The topological polar surface area (TPSA) is 53.4 Å². The number of carbonyl (C=O) groups excluding carboxylic acids is 1. The fraction of sp³-hybridized carbons (Fsp3) is 0.778. The van der Waals surface area contributed by atoms with Gasteiger partial charge in [-0.15, -0.1) is 0 Å². The summed E-state index contributed by atoms with van der Waals surface area (Å²) in [6.07, 6.45) is 11.3. The second kappa shape index (κ2) is 6.84. The third kappa shape index (κ3) is 3.64. The molecule has 24 heavy (non-hydrogen) atoms. The van der Waals surface area contributed by atoms with Crippen LogP contribution in [0, 0.1) is 0 Å². The van der Waals surface area contributed by atoms with Gasteiger partial charge >= 0.3 is 0 Å². The largest absolute Gasteiger partial charge is 0.352 e. The highest BCUT2D eigenvalue weighted by molar-refractivity contribution is 5.78. The third-order valence-corrected chi connectivity index (χ3v) is 5.78. The fourth-order valence-electron chi connectivity index (χ4n) is 4.31. The second-order valence-corrected chi connectivity index (χ2v) is 7.68. The molecule has 132 valence electrons. The molecule has 1 atom stereocenters. The molecule has 0 spiro atoms. The van der Waals surface area contributed by atoms with E-state index in [2.05, 4.69) is 26.4 Å². The molecule has 0 bridgehead atoms. The summed E-state index contributed by atoms with van der Waals surface area (Å²) in [4.78, 5) is 17.4. The molecule has 3 aliphatic rings. The number of hydrogen-bond donors (Lipinski definition) is 1. The maximum Gasteiger partial charge on any atom is 0.234 e. The number of hydrogen-bond acceptors (Lipinski definition) is 4. The summed E-state index contributed by atoms with van der Waals surface area (Å²) in [6.45, 7) is 3.82. The standard InChI is InChI=1S/C18H29N5O/c1-21-12-14(11-19-21)17-3-2-8-23(17)13-18(24)20-15-6-9-22(10-7-15)16-4-5-16/h11-12,15-17H,2-10,13H2,1H3,(H,20,24)/t17-/m0/s1. The van der Waals surface area contributed by atoms with Gasteiger partial charge in [0.25, 0.3) is 0 Å². The van der Waals surface area contributed by atoms with Crippen molar-refractivity contribution >= 4 is 5.91 Å². The van der Waals surface area contributed by atoms with E-state index in [0.717, 1.165) is 51.4 Å². The first kappa shape index (κ1) is 16.1. The SMILES string of the molecule is Cn1cc([C@@H]2CCCN2CC(=O)NC2CCN(C3CC3)CC2)cn1. The van der Waals surface area contributed by atoms with Crippen LogP contribution in [0.2, 0.25) is 0 Å². The molecular formula is C18H29N5O. The van der Waals surface area contributed by atoms with Crippen molar-refractivity contribution in [2.75, 3.05) is 26.2 Å². The normalized spacial score (nSPS) is 26.8. The monoisotopic (exact) mass is 331 g/mol. The van der Waals surface area contributed by atoms with Crippen molar-refractivity contribution in [3.05, 3.63) is 18.0 Å². The predicted molar refractivity (Wildman–Crippen MR) is 92.5 cm³/mol. The summed E-state index contributed by atoms with van der Waals surface area (Å²) in [7, 11) is 1.95. The van der Waals surface area contributed by atoms with Gasteiger partial charge in [-0.2, -0.15) is 5.10 Å². The molecule has 0 radical (unpaired) electrons. The molecule has 0 unspecified atom stereocenters. The van der Waals surface area contributed by atoms with E-state index in [1.54, 1.807) is 0 Å². The van der Waals surface area contributed by atoms with Crippen molar-refractivity contribution in [2.45, 2.75) is 56.7 Å². The number of nitrogens with one attached hydrogen (secondary N) is 1. The molecule has 1 aromatic heterocycles. The molecule has 1 amide bonds. The molecule has 0 aromatic carbocycles. The number of aryl methyl sites for hydroxylation is 1. The zero-order valence-corrected chi connectivity index (χ0v) is 14.7. The Morgan fingerprint density at radius 1 is 1.21 bits per heavy atom. The van der Waals surface area contributed by atoms with Crippen LogP contribution in [-0.2, 0) is 11.8 Å². The minimum absolute atomic E-state index is 0.190. The van der Waals surface area contributed by atoms with Crippen LogP contribution in [0.4, 0.5) is 0 Å². The van der Waals surface area contributed by atoms with Gasteiger partial charge in [-0.25, -0.2) is 0 Å². The Morgan fingerprint density at radius 2 is 2.00 bits per heavy atom. The van der Waals surface area contributed by atoms with E-state index in [9.17, 15) is 4.79 Å². The van der Waals surface area contributed by atoms with E-state index < -0.39 is 0 Å². The molecule has 1 aliphatic carbocycles. The maximum absolute atomic E-state index is 12.5. The van der Waals surface area contributed by atoms with E-state index in [1.165, 1.54) is 18.4 Å². The Bertz CT molecular complexity index is 574. The number of carbonyl (C=O) groups is 1. The number of piperidine rings is 1. The Hall–Kier alpha value is -1.40. The van der Waals surface area contributed by atoms with E-state index in [0.29, 0.717) is 18.6 Å². The van der Waals surface area contributed by atoms with Gasteiger partial charge in [0.2, 0.25) is 5.91 Å². The van der Waals surface area contributed by atoms with Crippen LogP contribution in [0.3, 0.4) is 0 Å². The minimum Gasteiger partial charge on any atom is -0.352 e. The molecule has 3 heterocycles. The zero-order valence-electron chi connectivity index (χ0n) is 14.7. The summed E-state index contributed by atoms with van der Waals surface area (Å²) < 4.78 is 1.85. The van der Waals surface area contributed by atoms with Crippen molar-refractivity contribution in [1.82, 2.24) is 24.9 Å². The van der Waals surface area contributed by atoms with Gasteiger partial charge in [0.15, 0.2) is 0 Å². The van der Waals surface area contributed by atoms with Crippen molar-refractivity contribution in [3.8, 4) is 0 Å². The molecule has 1 N–H and O–H groups in total. The van der Waals surface area contributed by atoms with Crippen LogP contribution in [0.5, 0.6) is 0 Å². The Balaban J connectivity index is 1.26. The summed E-state index contributed by atoms with van der Waals surface area (Å²) in [5, 5.41) is 7.55. The van der Waals surface area contributed by atoms with E-state index >= 15 is 0 Å². The van der Waals surface area contributed by atoms with Crippen LogP contribution in [-0.4, -0.2) is 63.8 Å². The smallest absolute Gasteiger partial charge is 0.234 e. The number of rotatable bonds is 5. The van der Waals surface area contributed by atoms with Gasteiger partial charge < -0.3 is 10.2 Å². The molecule has 1 aromatic rings. The highest BCUT2D eigenvalue weighted by Crippen LogP contribution is 2.31. The number of nitrogens with zero attached hydrogens (tertiary/aromatic N) is 4. The van der Waals surface area contributed by atoms with Gasteiger partial charge in [0.05, 0.1) is 12.7 Å². The maximum atomic E-state index is 12.5. The molecule has 4 rings (SSSR count). The van der Waals surface area contributed by atoms with Gasteiger partial charge in [0.1, 0.15) is 0 Å². The highest BCUT2D eigenvalue weighted by Gasteiger charge is 2.33. The summed E-state index contributed by atoms with van der Waals surface area (Å²) in [6, 6.07) is 1.57. The molecule has 2 aliphatic heterocycles. The van der Waals surface area contributed by atoms with Crippen molar-refractivity contribution in [3.63, 3.8) is 0 Å². The lowest BCUT2D eigenvalue weighted by molar-refractivity contribution is -0.123. The first-order valence-electron chi connectivity index (χ1n) is 9.45. The van der Waals surface area contributed by atoms with Crippen LogP contribution < -0.4 is 5.32 Å². The average molecular weight is 331 g/mol. The van der Waals surface area contributed by atoms with Gasteiger partial charge in [-0.1, -0.05) is 0 Å². The zero-order chi connectivity index (χ0) is 16.5. The lowest BCUT2D eigenvalue weighted by Crippen LogP contribution is -2.47. The number of aromatic nitrogens is 2. The van der Waals surface area contributed by atoms with Gasteiger partial charge in [-0.3, -0.25) is 14.4 Å². The average Bonchev–Trinajstić information content (AvgIpc) is 3.18. The molecule has 3 fully saturated rings. The van der Waals surface area contributed by atoms with Crippen molar-refractivity contribution in [1.29, 1.82) is 0 Å². The van der Waals surface area contributed by atoms with Crippen LogP contribution in [0.1, 0.15) is 50.1 Å². The first-order chi connectivity index (χ1) is 11.7. The van der Waals surface area contributed by atoms with E-state index in [4.69, 9.17) is 0 Å². The Kier molecular flexibility index (Phi) is 4.59. The molecule has 1 saturated carbocycles. The van der Waals surface area contributed by atoms with Crippen LogP contribution >= 0.6 is 0 Å². The molecule has 2 saturated heterocycles. The second-order valence-electron chi connectivity index (χ2n) is 7.68. The summed E-state index contributed by atoms with van der Waals surface area (Å²) in [5.41, 5.74) is 1.24. The number of amides is 1. The molecule has 6 nitrogen and oxygen atoms in total. The van der Waals surface area contributed by atoms with Crippen LogP contribution in [0.15, 0.2) is 12.4 Å². The van der Waals surface area contributed by atoms with E-state index in [1.807, 2.05) is 17.9 Å². The quantitative estimate of drug-likeness (QED) is 0.884. The minimum atomic E-state index is 0.190. The van der Waals surface area contributed by atoms with Crippen molar-refractivity contribution in [2.24, 2.45) is 7.05 Å². The predicted octanol–water partition coefficient (Wildman–Crippen LogP) is 1.30. The lowest BCUT2D eigenvalue weighted by Gasteiger charge is -2.33. The molecular weight excluding hydrogens is 302 g/mol. The summed E-state index contributed by atoms with van der Waals surface area (Å²) >= 11 is 0. The van der Waals surface area contributed by atoms with Crippen LogP contribution in [0.25, 0.3) is 0 Å². The summed E-state index contributed by atoms with van der Waals surface area (Å²) in [5.74, 6) is 0.190. The van der Waals surface area contributed by atoms with Crippen molar-refractivity contribution < 1.29 is 4.79 Å². The Labute approximate surface area is 144 Å². The van der Waals surface area contributed by atoms with Gasteiger partial charge in [-0.05, 0) is 45.1 Å². The van der Waals surface area contributed by atoms with Gasteiger partial charge in [0, 0.05) is 50.0 Å². The highest BCUT2D eigenvalue weighted by atomic mass is 16.2. The molecule has 6 heteroatoms. The lowest BCUT2D eigenvalue weighted by atomic mass is 10.0. The fourth-order valence-corrected chi connectivity index (χ4v) is 4.31. The van der Waals surface area contributed by atoms with E-state index in [-0.39, 0.29) is 5.91 Å². The Morgan fingerprint density at radius 3 is 2.67 bits per heavy atom. The number of likely N-dealkylation sites (tertiary alicyclic amines) is 2. The first-order valence-corrected chi connectivity index (χ1v) is 9.45. The third-order valence-electron chi connectivity index (χ3n) is 5.78.